The molecule has 8 heteroatoms. The van der Waals surface area contributed by atoms with Gasteiger partial charge in [-0.3, -0.25) is 0 Å². The van der Waals surface area contributed by atoms with Crippen LogP contribution in [0.2, 0.25) is 0 Å². The van der Waals surface area contributed by atoms with Gasteiger partial charge >= 0.3 is 0 Å². The molecule has 0 aliphatic rings. The van der Waals surface area contributed by atoms with Crippen molar-refractivity contribution in [3.8, 4) is 23.0 Å². The normalized spacial score (nSPS) is 11.1. The molecule has 7 nitrogen and oxygen atoms in total. The maximum absolute atomic E-state index is 5.76. The Kier molecular flexibility index (Phi) is 5.48. The molecule has 0 aliphatic carbocycles. The van der Waals surface area contributed by atoms with Crippen molar-refractivity contribution in [2.45, 2.75) is 18.1 Å². The second kappa shape index (κ2) is 8.35. The van der Waals surface area contributed by atoms with E-state index in [-0.39, 0.29) is 0 Å². The lowest BCUT2D eigenvalue weighted by Gasteiger charge is -2.05. The predicted molar refractivity (Wildman–Crippen MR) is 106 cm³/mol. The number of thioether (sulfide) groups is 1. The van der Waals surface area contributed by atoms with Crippen LogP contribution in [0.3, 0.4) is 0 Å². The summed E-state index contributed by atoms with van der Waals surface area (Å²) in [6, 6.07) is 13.2. The average Bonchev–Trinajstić information content (AvgIpc) is 3.37. The molecule has 0 fully saturated rings. The van der Waals surface area contributed by atoms with E-state index in [0.717, 1.165) is 41.1 Å². The summed E-state index contributed by atoms with van der Waals surface area (Å²) < 4.78 is 22.0. The number of hydrogen-bond acceptors (Lipinski definition) is 8. The molecule has 0 amide bonds. The first-order chi connectivity index (χ1) is 13.7. The highest BCUT2D eigenvalue weighted by atomic mass is 32.2. The van der Waals surface area contributed by atoms with Gasteiger partial charge in [-0.05, 0) is 30.7 Å². The van der Waals surface area contributed by atoms with E-state index in [2.05, 4.69) is 15.2 Å². The predicted octanol–water partition coefficient (Wildman–Crippen LogP) is 4.62. The molecule has 28 heavy (non-hydrogen) atoms. The molecular weight excluding hydrogens is 378 g/mol. The fraction of sp³-hybridized carbons (Fsp3) is 0.250. The molecule has 0 bridgehead atoms. The van der Waals surface area contributed by atoms with E-state index < -0.39 is 0 Å². The summed E-state index contributed by atoms with van der Waals surface area (Å²) in [5.41, 5.74) is 2.46. The van der Waals surface area contributed by atoms with E-state index in [1.807, 2.05) is 36.4 Å². The minimum absolute atomic E-state index is 0.429. The summed E-state index contributed by atoms with van der Waals surface area (Å²) in [5, 5.41) is 8.75. The molecule has 0 saturated heterocycles. The Morgan fingerprint density at radius 1 is 0.964 bits per heavy atom. The number of fused-ring (bicyclic) bond motifs is 1. The Labute approximate surface area is 166 Å². The summed E-state index contributed by atoms with van der Waals surface area (Å²) in [5.74, 6) is 3.33. The molecule has 0 atom stereocenters. The third-order valence-corrected chi connectivity index (χ3v) is 5.01. The van der Waals surface area contributed by atoms with Crippen LogP contribution in [0.5, 0.6) is 11.5 Å². The van der Waals surface area contributed by atoms with E-state index >= 15 is 0 Å². The monoisotopic (exact) mass is 397 g/mol. The standard InChI is InChI=1S/C20H19N3O4S/c1-24-14-10-13(11-15(12-14)25-2)19-22-23-20(27-19)28-9-5-8-18-21-16-6-3-4-7-17(16)26-18/h3-4,6-7,10-12H,5,8-9H2,1-2H3. The van der Waals surface area contributed by atoms with Crippen molar-refractivity contribution >= 4 is 22.9 Å². The fourth-order valence-corrected chi connectivity index (χ4v) is 3.43. The van der Waals surface area contributed by atoms with Crippen LogP contribution in [0.25, 0.3) is 22.6 Å². The number of aryl methyl sites for hydroxylation is 1. The maximum Gasteiger partial charge on any atom is 0.276 e. The van der Waals surface area contributed by atoms with Crippen molar-refractivity contribution in [3.05, 3.63) is 48.4 Å². The highest BCUT2D eigenvalue weighted by Crippen LogP contribution is 2.30. The van der Waals surface area contributed by atoms with Crippen molar-refractivity contribution in [1.82, 2.24) is 15.2 Å². The number of hydrogen-bond donors (Lipinski definition) is 0. The molecule has 2 heterocycles. The van der Waals surface area contributed by atoms with Crippen molar-refractivity contribution in [3.63, 3.8) is 0 Å². The Morgan fingerprint density at radius 3 is 2.50 bits per heavy atom. The molecule has 0 aliphatic heterocycles. The molecule has 0 spiro atoms. The lowest BCUT2D eigenvalue weighted by molar-refractivity contribution is 0.394. The molecule has 144 valence electrons. The molecule has 0 saturated carbocycles. The van der Waals surface area contributed by atoms with E-state index in [0.29, 0.717) is 22.6 Å². The number of benzene rings is 2. The Morgan fingerprint density at radius 2 is 1.75 bits per heavy atom. The SMILES string of the molecule is COc1cc(OC)cc(-c2nnc(SCCCc3nc4ccccc4o3)o2)c1. The third kappa shape index (κ3) is 4.12. The summed E-state index contributed by atoms with van der Waals surface area (Å²) in [6.07, 6.45) is 1.65. The van der Waals surface area contributed by atoms with Gasteiger partial charge in [-0.25, -0.2) is 4.98 Å². The first-order valence-corrected chi connectivity index (χ1v) is 9.78. The lowest BCUT2D eigenvalue weighted by Crippen LogP contribution is -1.88. The number of ether oxygens (including phenoxy) is 2. The highest BCUT2D eigenvalue weighted by Gasteiger charge is 2.12. The summed E-state index contributed by atoms with van der Waals surface area (Å²) in [6.45, 7) is 0. The van der Waals surface area contributed by atoms with E-state index in [1.165, 1.54) is 11.8 Å². The highest BCUT2D eigenvalue weighted by molar-refractivity contribution is 7.99. The third-order valence-electron chi connectivity index (χ3n) is 4.10. The van der Waals surface area contributed by atoms with E-state index in [4.69, 9.17) is 18.3 Å². The zero-order valence-electron chi connectivity index (χ0n) is 15.5. The molecular formula is C20H19N3O4S. The van der Waals surface area contributed by atoms with Crippen molar-refractivity contribution in [1.29, 1.82) is 0 Å². The maximum atomic E-state index is 5.76. The van der Waals surface area contributed by atoms with Gasteiger partial charge in [0.2, 0.25) is 5.89 Å². The lowest BCUT2D eigenvalue weighted by atomic mass is 10.2. The second-order valence-corrected chi connectivity index (χ2v) is 7.05. The molecule has 0 N–H and O–H groups in total. The van der Waals surface area contributed by atoms with Crippen molar-refractivity contribution < 1.29 is 18.3 Å². The second-order valence-electron chi connectivity index (χ2n) is 6.00. The zero-order chi connectivity index (χ0) is 19.3. The van der Waals surface area contributed by atoms with Crippen LogP contribution in [-0.4, -0.2) is 35.2 Å². The first kappa shape index (κ1) is 18.4. The molecule has 0 radical (unpaired) electrons. The van der Waals surface area contributed by atoms with Gasteiger partial charge in [-0.1, -0.05) is 23.9 Å². The van der Waals surface area contributed by atoms with Crippen LogP contribution >= 0.6 is 11.8 Å². The van der Waals surface area contributed by atoms with Crippen LogP contribution in [-0.2, 0) is 6.42 Å². The van der Waals surface area contributed by atoms with Gasteiger partial charge in [0.15, 0.2) is 11.5 Å². The summed E-state index contributed by atoms with van der Waals surface area (Å²) in [7, 11) is 3.20. The Bertz CT molecular complexity index is 1020. The molecule has 4 aromatic rings. The van der Waals surface area contributed by atoms with Gasteiger partial charge in [0.25, 0.3) is 5.22 Å². The van der Waals surface area contributed by atoms with Gasteiger partial charge in [-0.2, -0.15) is 0 Å². The number of nitrogens with zero attached hydrogens (tertiary/aromatic N) is 3. The van der Waals surface area contributed by atoms with Crippen LogP contribution in [0.15, 0.2) is 56.5 Å². The van der Waals surface area contributed by atoms with Gasteiger partial charge in [0.1, 0.15) is 17.0 Å². The zero-order valence-corrected chi connectivity index (χ0v) is 16.4. The fourth-order valence-electron chi connectivity index (χ4n) is 2.73. The van der Waals surface area contributed by atoms with E-state index in [1.54, 1.807) is 20.3 Å². The van der Waals surface area contributed by atoms with Crippen LogP contribution in [0, 0.1) is 0 Å². The average molecular weight is 397 g/mol. The number of para-hydroxylation sites is 2. The molecule has 2 aromatic heterocycles. The van der Waals surface area contributed by atoms with Crippen LogP contribution < -0.4 is 9.47 Å². The molecule has 4 rings (SSSR count). The Hall–Kier alpha value is -3.00. The number of methoxy groups -OCH3 is 2. The van der Waals surface area contributed by atoms with Gasteiger partial charge in [0.05, 0.1) is 14.2 Å². The topological polar surface area (TPSA) is 83.4 Å². The largest absolute Gasteiger partial charge is 0.497 e. The molecule has 0 unspecified atom stereocenters. The van der Waals surface area contributed by atoms with Crippen LogP contribution in [0.4, 0.5) is 0 Å². The minimum Gasteiger partial charge on any atom is -0.497 e. The summed E-state index contributed by atoms with van der Waals surface area (Å²) in [4.78, 5) is 4.48. The van der Waals surface area contributed by atoms with E-state index in [9.17, 15) is 0 Å². The van der Waals surface area contributed by atoms with Crippen molar-refractivity contribution in [2.75, 3.05) is 20.0 Å². The first-order valence-electron chi connectivity index (χ1n) is 8.79. The minimum atomic E-state index is 0.429. The number of rotatable bonds is 8. The molecule has 2 aromatic carbocycles. The van der Waals surface area contributed by atoms with Gasteiger partial charge in [0, 0.05) is 23.8 Å². The quantitative estimate of drug-likeness (QED) is 0.315. The summed E-state index contributed by atoms with van der Waals surface area (Å²) >= 11 is 1.51. The van der Waals surface area contributed by atoms with Gasteiger partial charge in [-0.15, -0.1) is 10.2 Å². The van der Waals surface area contributed by atoms with Crippen LogP contribution in [0.1, 0.15) is 12.3 Å². The van der Waals surface area contributed by atoms with Crippen molar-refractivity contribution in [2.24, 2.45) is 0 Å². The smallest absolute Gasteiger partial charge is 0.276 e. The number of aromatic nitrogens is 3. The van der Waals surface area contributed by atoms with Gasteiger partial charge < -0.3 is 18.3 Å². The Balaban J connectivity index is 1.35. The number of oxazole rings is 1.